The minimum absolute atomic E-state index is 0.132. The molecule has 0 atom stereocenters. The molecule has 0 radical (unpaired) electrons. The van der Waals surface area contributed by atoms with Crippen molar-refractivity contribution in [3.8, 4) is 11.1 Å². The van der Waals surface area contributed by atoms with Gasteiger partial charge in [-0.25, -0.2) is 4.39 Å². The number of hydrogen-bond acceptors (Lipinski definition) is 4. The van der Waals surface area contributed by atoms with Crippen molar-refractivity contribution >= 4 is 17.6 Å². The second-order valence-electron chi connectivity index (χ2n) is 2.95. The fourth-order valence-electron chi connectivity index (χ4n) is 1.29. The van der Waals surface area contributed by atoms with Gasteiger partial charge in [0.05, 0.1) is 11.8 Å². The van der Waals surface area contributed by atoms with Gasteiger partial charge in [0.15, 0.2) is 0 Å². The second-order valence-corrected chi connectivity index (χ2v) is 3.83. The zero-order valence-corrected chi connectivity index (χ0v) is 8.84. The van der Waals surface area contributed by atoms with Gasteiger partial charge in [0.1, 0.15) is 5.82 Å². The molecule has 15 heavy (non-hydrogen) atoms. The van der Waals surface area contributed by atoms with Gasteiger partial charge in [-0.05, 0) is 24.5 Å². The average molecular weight is 224 g/mol. The van der Waals surface area contributed by atoms with E-state index in [1.165, 1.54) is 24.0 Å². The summed E-state index contributed by atoms with van der Waals surface area (Å²) in [6.45, 7) is 0. The lowest BCUT2D eigenvalue weighted by Crippen LogP contribution is -1.88. The summed E-state index contributed by atoms with van der Waals surface area (Å²) < 4.78 is 18.2. The Labute approximate surface area is 90.4 Å². The van der Waals surface area contributed by atoms with Crippen molar-refractivity contribution in [2.45, 2.75) is 4.90 Å². The van der Waals surface area contributed by atoms with Gasteiger partial charge < -0.3 is 10.3 Å². The monoisotopic (exact) mass is 224 g/mol. The highest BCUT2D eigenvalue weighted by Crippen LogP contribution is 2.30. The molecule has 0 fully saturated rings. The zero-order chi connectivity index (χ0) is 10.8. The number of nitrogens with two attached hydrogens (primary N) is 1. The lowest BCUT2D eigenvalue weighted by molar-refractivity contribution is 0.436. The Morgan fingerprint density at radius 2 is 2.20 bits per heavy atom. The topological polar surface area (TPSA) is 52.0 Å². The van der Waals surface area contributed by atoms with Crippen LogP contribution in [-0.2, 0) is 0 Å². The van der Waals surface area contributed by atoms with E-state index >= 15 is 0 Å². The van der Waals surface area contributed by atoms with Crippen molar-refractivity contribution in [1.82, 2.24) is 5.16 Å². The first-order valence-corrected chi connectivity index (χ1v) is 5.49. The smallest absolute Gasteiger partial charge is 0.230 e. The summed E-state index contributed by atoms with van der Waals surface area (Å²) in [7, 11) is 0. The van der Waals surface area contributed by atoms with Crippen LogP contribution in [0, 0.1) is 5.82 Å². The van der Waals surface area contributed by atoms with Gasteiger partial charge in [-0.1, -0.05) is 5.16 Å². The zero-order valence-electron chi connectivity index (χ0n) is 8.03. The summed E-state index contributed by atoms with van der Waals surface area (Å²) in [5.74, 6) is -0.199. The second kappa shape index (κ2) is 3.94. The predicted molar refractivity (Wildman–Crippen MR) is 58.1 cm³/mol. The molecule has 0 saturated heterocycles. The summed E-state index contributed by atoms with van der Waals surface area (Å²) in [6.07, 6.45) is 3.34. The van der Waals surface area contributed by atoms with Gasteiger partial charge in [-0.3, -0.25) is 0 Å². The summed E-state index contributed by atoms with van der Waals surface area (Å²) in [5, 5.41) is 3.52. The number of benzene rings is 1. The maximum atomic E-state index is 13.5. The molecule has 0 saturated carbocycles. The van der Waals surface area contributed by atoms with Crippen LogP contribution >= 0.6 is 11.8 Å². The van der Waals surface area contributed by atoms with Crippen molar-refractivity contribution in [2.75, 3.05) is 12.0 Å². The third kappa shape index (κ3) is 1.83. The molecule has 0 aliphatic heterocycles. The molecule has 2 N–H and O–H groups in total. The Kier molecular flexibility index (Phi) is 2.64. The number of nitrogen functional groups attached to an aromatic ring is 1. The van der Waals surface area contributed by atoms with Crippen molar-refractivity contribution in [3.63, 3.8) is 0 Å². The van der Waals surface area contributed by atoms with Crippen LogP contribution in [0.2, 0.25) is 0 Å². The van der Waals surface area contributed by atoms with E-state index in [0.29, 0.717) is 11.1 Å². The lowest BCUT2D eigenvalue weighted by Gasteiger charge is -2.02. The minimum atomic E-state index is -0.331. The Morgan fingerprint density at radius 1 is 1.40 bits per heavy atom. The number of rotatable bonds is 2. The number of hydrogen-bond donors (Lipinski definition) is 1. The Bertz CT molecular complexity index is 484. The molecule has 1 aromatic carbocycles. The first-order valence-electron chi connectivity index (χ1n) is 4.26. The molecule has 2 aromatic rings. The number of nitrogens with zero attached hydrogens (tertiary/aromatic N) is 1. The molecule has 1 heterocycles. The van der Waals surface area contributed by atoms with E-state index in [4.69, 9.17) is 10.3 Å². The summed E-state index contributed by atoms with van der Waals surface area (Å²) >= 11 is 1.54. The summed E-state index contributed by atoms with van der Waals surface area (Å²) in [6, 6.07) is 4.85. The van der Waals surface area contributed by atoms with E-state index in [-0.39, 0.29) is 11.7 Å². The normalized spacial score (nSPS) is 10.5. The Hall–Kier alpha value is -1.49. The van der Waals surface area contributed by atoms with E-state index in [9.17, 15) is 4.39 Å². The molecule has 1 aromatic heterocycles. The Balaban J connectivity index is 2.56. The van der Waals surface area contributed by atoms with Gasteiger partial charge in [0.2, 0.25) is 5.88 Å². The Morgan fingerprint density at radius 3 is 2.80 bits per heavy atom. The van der Waals surface area contributed by atoms with E-state index in [2.05, 4.69) is 5.16 Å². The van der Waals surface area contributed by atoms with E-state index < -0.39 is 0 Å². The minimum Gasteiger partial charge on any atom is -0.367 e. The number of halogens is 1. The molecule has 0 amide bonds. The summed E-state index contributed by atoms with van der Waals surface area (Å²) in [5.41, 5.74) is 6.44. The van der Waals surface area contributed by atoms with Gasteiger partial charge in [0.25, 0.3) is 0 Å². The largest absolute Gasteiger partial charge is 0.367 e. The van der Waals surface area contributed by atoms with E-state index in [1.807, 2.05) is 6.26 Å². The first-order chi connectivity index (χ1) is 7.22. The maximum absolute atomic E-state index is 13.5. The predicted octanol–water partition coefficient (Wildman–Crippen LogP) is 2.78. The SMILES string of the molecule is CSc1ccc(F)c(-c2cnoc2N)c1. The fourth-order valence-corrected chi connectivity index (χ4v) is 1.73. The van der Waals surface area contributed by atoms with Gasteiger partial charge in [-0.15, -0.1) is 11.8 Å². The molecule has 0 unspecified atom stereocenters. The van der Waals surface area contributed by atoms with Crippen LogP contribution in [0.5, 0.6) is 0 Å². The van der Waals surface area contributed by atoms with Crippen molar-refractivity contribution < 1.29 is 8.91 Å². The number of anilines is 1. The number of aromatic nitrogens is 1. The van der Waals surface area contributed by atoms with Crippen molar-refractivity contribution in [1.29, 1.82) is 0 Å². The lowest BCUT2D eigenvalue weighted by atomic mass is 10.1. The molecule has 3 nitrogen and oxygen atoms in total. The number of thioether (sulfide) groups is 1. The summed E-state index contributed by atoms with van der Waals surface area (Å²) in [4.78, 5) is 0.965. The highest BCUT2D eigenvalue weighted by molar-refractivity contribution is 7.98. The molecular formula is C10H9FN2OS. The standard InChI is InChI=1S/C10H9FN2OS/c1-15-6-2-3-9(11)7(4-6)8-5-13-14-10(8)12/h2-5H,12H2,1H3. The molecule has 0 aliphatic rings. The third-order valence-electron chi connectivity index (χ3n) is 2.06. The van der Waals surface area contributed by atoms with Crippen LogP contribution in [-0.4, -0.2) is 11.4 Å². The van der Waals surface area contributed by atoms with Crippen LogP contribution in [0.15, 0.2) is 33.8 Å². The van der Waals surface area contributed by atoms with E-state index in [1.54, 1.807) is 12.1 Å². The van der Waals surface area contributed by atoms with Crippen LogP contribution in [0.1, 0.15) is 0 Å². The third-order valence-corrected chi connectivity index (χ3v) is 2.79. The van der Waals surface area contributed by atoms with Crippen LogP contribution in [0.25, 0.3) is 11.1 Å². The van der Waals surface area contributed by atoms with Crippen LogP contribution in [0.3, 0.4) is 0 Å². The van der Waals surface area contributed by atoms with Gasteiger partial charge >= 0.3 is 0 Å². The molecular weight excluding hydrogens is 215 g/mol. The fraction of sp³-hybridized carbons (Fsp3) is 0.100. The van der Waals surface area contributed by atoms with E-state index in [0.717, 1.165) is 4.90 Å². The van der Waals surface area contributed by atoms with Crippen molar-refractivity contribution in [2.24, 2.45) is 0 Å². The molecule has 5 heteroatoms. The van der Waals surface area contributed by atoms with Crippen molar-refractivity contribution in [3.05, 3.63) is 30.2 Å². The van der Waals surface area contributed by atoms with Gasteiger partial charge in [-0.2, -0.15) is 0 Å². The molecule has 0 aliphatic carbocycles. The molecule has 2 rings (SSSR count). The molecule has 0 bridgehead atoms. The highest BCUT2D eigenvalue weighted by Gasteiger charge is 2.12. The van der Waals surface area contributed by atoms with Crippen LogP contribution in [0.4, 0.5) is 10.3 Å². The van der Waals surface area contributed by atoms with Crippen LogP contribution < -0.4 is 5.73 Å². The maximum Gasteiger partial charge on any atom is 0.230 e. The first kappa shape index (κ1) is 10.0. The molecule has 0 spiro atoms. The average Bonchev–Trinajstić information content (AvgIpc) is 2.65. The molecule has 78 valence electrons. The van der Waals surface area contributed by atoms with Gasteiger partial charge in [0, 0.05) is 10.5 Å². The highest BCUT2D eigenvalue weighted by atomic mass is 32.2. The quantitative estimate of drug-likeness (QED) is 0.797.